The van der Waals surface area contributed by atoms with E-state index in [1.165, 1.54) is 12.8 Å². The molecule has 1 aliphatic rings. The van der Waals surface area contributed by atoms with E-state index in [1.54, 1.807) is 0 Å². The normalized spacial score (nSPS) is 16.7. The van der Waals surface area contributed by atoms with Gasteiger partial charge in [0.05, 0.1) is 0 Å². The molecule has 18 heavy (non-hydrogen) atoms. The lowest BCUT2D eigenvalue weighted by atomic mass is 9.98. The van der Waals surface area contributed by atoms with Crippen molar-refractivity contribution >= 4 is 11.6 Å². The number of hydrogen-bond acceptors (Lipinski definition) is 5. The van der Waals surface area contributed by atoms with Gasteiger partial charge in [0, 0.05) is 18.5 Å². The van der Waals surface area contributed by atoms with Crippen LogP contribution >= 0.6 is 0 Å². The molecule has 0 saturated heterocycles. The standard InChI is InChI=1S/C13H23N5/c1-8(2)9(3)7-15-11-6-12(18-14)17-13(16-11)10-4-5-10/h6,8-10H,4-5,7,14H2,1-3H3,(H2,15,16,17,18). The Morgan fingerprint density at radius 3 is 2.50 bits per heavy atom. The van der Waals surface area contributed by atoms with Crippen molar-refractivity contribution in [3.63, 3.8) is 0 Å². The summed E-state index contributed by atoms with van der Waals surface area (Å²) in [4.78, 5) is 8.95. The summed E-state index contributed by atoms with van der Waals surface area (Å²) in [5.74, 6) is 9.71. The summed E-state index contributed by atoms with van der Waals surface area (Å²) in [6, 6.07) is 1.86. The number of hydrazine groups is 1. The average Bonchev–Trinajstić information content (AvgIpc) is 3.19. The predicted molar refractivity (Wildman–Crippen MR) is 74.3 cm³/mol. The van der Waals surface area contributed by atoms with Crippen LogP contribution in [0.1, 0.15) is 45.4 Å². The maximum absolute atomic E-state index is 5.44. The van der Waals surface area contributed by atoms with Crippen LogP contribution in [0.5, 0.6) is 0 Å². The predicted octanol–water partition coefficient (Wildman–Crippen LogP) is 2.34. The Kier molecular flexibility index (Phi) is 4.01. The number of nitrogens with zero attached hydrogens (tertiary/aromatic N) is 2. The summed E-state index contributed by atoms with van der Waals surface area (Å²) < 4.78 is 0. The summed E-state index contributed by atoms with van der Waals surface area (Å²) in [6.07, 6.45) is 2.38. The second kappa shape index (κ2) is 5.52. The molecule has 5 heteroatoms. The minimum absolute atomic E-state index is 0.529. The summed E-state index contributed by atoms with van der Waals surface area (Å²) >= 11 is 0. The minimum Gasteiger partial charge on any atom is -0.370 e. The Morgan fingerprint density at radius 2 is 1.94 bits per heavy atom. The fourth-order valence-electron chi connectivity index (χ4n) is 1.66. The van der Waals surface area contributed by atoms with Gasteiger partial charge in [-0.25, -0.2) is 15.8 Å². The van der Waals surface area contributed by atoms with Crippen LogP contribution in [0.15, 0.2) is 6.07 Å². The fraction of sp³-hybridized carbons (Fsp3) is 0.692. The molecule has 1 unspecified atom stereocenters. The van der Waals surface area contributed by atoms with E-state index in [0.29, 0.717) is 23.6 Å². The molecule has 1 atom stereocenters. The van der Waals surface area contributed by atoms with Gasteiger partial charge in [0.25, 0.3) is 0 Å². The topological polar surface area (TPSA) is 75.9 Å². The van der Waals surface area contributed by atoms with E-state index < -0.39 is 0 Å². The fourth-order valence-corrected chi connectivity index (χ4v) is 1.66. The summed E-state index contributed by atoms with van der Waals surface area (Å²) in [7, 11) is 0. The average molecular weight is 249 g/mol. The van der Waals surface area contributed by atoms with Crippen molar-refractivity contribution in [3.05, 3.63) is 11.9 Å². The largest absolute Gasteiger partial charge is 0.370 e. The first-order valence-corrected chi connectivity index (χ1v) is 6.69. The molecule has 0 aromatic carbocycles. The van der Waals surface area contributed by atoms with E-state index in [4.69, 9.17) is 5.84 Å². The first-order valence-electron chi connectivity index (χ1n) is 6.69. The second-order valence-electron chi connectivity index (χ2n) is 5.52. The zero-order valence-electron chi connectivity index (χ0n) is 11.4. The molecule has 1 aromatic heterocycles. The van der Waals surface area contributed by atoms with Crippen molar-refractivity contribution in [3.8, 4) is 0 Å². The highest BCUT2D eigenvalue weighted by Crippen LogP contribution is 2.38. The van der Waals surface area contributed by atoms with Gasteiger partial charge in [-0.2, -0.15) is 0 Å². The SMILES string of the molecule is CC(C)C(C)CNc1cc(NN)nc(C2CC2)n1. The second-order valence-corrected chi connectivity index (χ2v) is 5.52. The molecule has 0 amide bonds. The van der Waals surface area contributed by atoms with Crippen molar-refractivity contribution in [1.82, 2.24) is 9.97 Å². The lowest BCUT2D eigenvalue weighted by Gasteiger charge is -2.17. The number of hydrogen-bond donors (Lipinski definition) is 3. The van der Waals surface area contributed by atoms with Crippen LogP contribution in [0.3, 0.4) is 0 Å². The maximum Gasteiger partial charge on any atom is 0.145 e. The summed E-state index contributed by atoms with van der Waals surface area (Å²) in [5.41, 5.74) is 2.61. The van der Waals surface area contributed by atoms with Gasteiger partial charge in [-0.1, -0.05) is 20.8 Å². The molecule has 0 bridgehead atoms. The van der Waals surface area contributed by atoms with Gasteiger partial charge in [-0.15, -0.1) is 0 Å². The molecule has 100 valence electrons. The van der Waals surface area contributed by atoms with Crippen LogP contribution in [0.25, 0.3) is 0 Å². The zero-order valence-corrected chi connectivity index (χ0v) is 11.4. The molecule has 1 heterocycles. The van der Waals surface area contributed by atoms with E-state index in [1.807, 2.05) is 6.07 Å². The Morgan fingerprint density at radius 1 is 1.28 bits per heavy atom. The zero-order chi connectivity index (χ0) is 13.1. The first-order chi connectivity index (χ1) is 8.60. The number of nitrogens with one attached hydrogen (secondary N) is 2. The van der Waals surface area contributed by atoms with Crippen LogP contribution in [-0.4, -0.2) is 16.5 Å². The van der Waals surface area contributed by atoms with Crippen LogP contribution in [-0.2, 0) is 0 Å². The van der Waals surface area contributed by atoms with Gasteiger partial charge < -0.3 is 10.7 Å². The van der Waals surface area contributed by atoms with E-state index in [-0.39, 0.29) is 0 Å². The van der Waals surface area contributed by atoms with Gasteiger partial charge in [0.1, 0.15) is 17.5 Å². The Bertz CT molecular complexity index is 400. The monoisotopic (exact) mass is 249 g/mol. The molecule has 4 N–H and O–H groups in total. The molecule has 5 nitrogen and oxygen atoms in total. The van der Waals surface area contributed by atoms with E-state index >= 15 is 0 Å². The smallest absolute Gasteiger partial charge is 0.145 e. The van der Waals surface area contributed by atoms with Gasteiger partial charge in [-0.05, 0) is 24.7 Å². The van der Waals surface area contributed by atoms with Crippen molar-refractivity contribution < 1.29 is 0 Å². The van der Waals surface area contributed by atoms with Crippen molar-refractivity contribution in [2.45, 2.75) is 39.5 Å². The van der Waals surface area contributed by atoms with Gasteiger partial charge >= 0.3 is 0 Å². The molecular formula is C13H23N5. The van der Waals surface area contributed by atoms with Gasteiger partial charge in [-0.3, -0.25) is 0 Å². The third-order valence-electron chi connectivity index (χ3n) is 3.58. The van der Waals surface area contributed by atoms with Crippen molar-refractivity contribution in [2.75, 3.05) is 17.3 Å². The molecule has 0 aliphatic heterocycles. The number of rotatable bonds is 6. The highest BCUT2D eigenvalue weighted by Gasteiger charge is 2.27. The van der Waals surface area contributed by atoms with Crippen molar-refractivity contribution in [1.29, 1.82) is 0 Å². The number of aromatic nitrogens is 2. The molecule has 2 rings (SSSR count). The first kappa shape index (κ1) is 13.1. The minimum atomic E-state index is 0.529. The maximum atomic E-state index is 5.44. The third-order valence-corrected chi connectivity index (χ3v) is 3.58. The lowest BCUT2D eigenvalue weighted by molar-refractivity contribution is 0.439. The van der Waals surface area contributed by atoms with E-state index in [0.717, 1.165) is 18.2 Å². The molecule has 1 aliphatic carbocycles. The molecular weight excluding hydrogens is 226 g/mol. The van der Waals surface area contributed by atoms with E-state index in [2.05, 4.69) is 41.5 Å². The molecule has 1 aromatic rings. The highest BCUT2D eigenvalue weighted by molar-refractivity contribution is 5.47. The molecule has 1 saturated carbocycles. The summed E-state index contributed by atoms with van der Waals surface area (Å²) in [6.45, 7) is 7.62. The summed E-state index contributed by atoms with van der Waals surface area (Å²) in [5, 5.41) is 3.38. The quantitative estimate of drug-likeness (QED) is 0.533. The molecule has 0 radical (unpaired) electrons. The van der Waals surface area contributed by atoms with E-state index in [9.17, 15) is 0 Å². The highest BCUT2D eigenvalue weighted by atomic mass is 15.3. The van der Waals surface area contributed by atoms with Crippen LogP contribution in [0.4, 0.5) is 11.6 Å². The Balaban J connectivity index is 2.04. The van der Waals surface area contributed by atoms with Crippen molar-refractivity contribution in [2.24, 2.45) is 17.7 Å². The van der Waals surface area contributed by atoms with Crippen LogP contribution in [0, 0.1) is 11.8 Å². The van der Waals surface area contributed by atoms with Crippen LogP contribution in [0.2, 0.25) is 0 Å². The lowest BCUT2D eigenvalue weighted by Crippen LogP contribution is -2.18. The number of anilines is 2. The molecule has 1 fully saturated rings. The van der Waals surface area contributed by atoms with Crippen LogP contribution < -0.4 is 16.6 Å². The van der Waals surface area contributed by atoms with Gasteiger partial charge in [0.2, 0.25) is 0 Å². The Labute approximate surface area is 109 Å². The number of nitrogens with two attached hydrogens (primary N) is 1. The third kappa shape index (κ3) is 3.32. The Hall–Kier alpha value is -1.36. The number of nitrogen functional groups attached to an aromatic ring is 1. The van der Waals surface area contributed by atoms with Gasteiger partial charge in [0.15, 0.2) is 0 Å². The molecule has 0 spiro atoms.